The maximum Gasteiger partial charge on any atom is 0.240 e. The molecule has 2 amide bonds. The lowest BCUT2D eigenvalue weighted by Crippen LogP contribution is -2.46. The molecule has 4 nitrogen and oxygen atoms in total. The van der Waals surface area contributed by atoms with Crippen molar-refractivity contribution in [3.8, 4) is 0 Å². The lowest BCUT2D eigenvalue weighted by Gasteiger charge is -2.16. The number of rotatable bonds is 6. The molecule has 2 aromatic rings. The maximum absolute atomic E-state index is 13.5. The highest BCUT2D eigenvalue weighted by molar-refractivity contribution is 5.87. The Morgan fingerprint density at radius 2 is 1.75 bits per heavy atom. The van der Waals surface area contributed by atoms with Gasteiger partial charge in [-0.2, -0.15) is 0 Å². The van der Waals surface area contributed by atoms with Crippen LogP contribution in [-0.2, 0) is 22.4 Å². The van der Waals surface area contributed by atoms with E-state index in [-0.39, 0.29) is 18.4 Å². The molecule has 0 heterocycles. The zero-order valence-corrected chi connectivity index (χ0v) is 12.6. The molecule has 0 aliphatic rings. The summed E-state index contributed by atoms with van der Waals surface area (Å²) in [6.45, 7) is 0. The van der Waals surface area contributed by atoms with E-state index in [2.05, 4.69) is 5.32 Å². The molecule has 0 fully saturated rings. The van der Waals surface area contributed by atoms with Crippen molar-refractivity contribution in [2.45, 2.75) is 18.9 Å². The van der Waals surface area contributed by atoms with Crippen LogP contribution in [0.1, 0.15) is 11.1 Å². The Morgan fingerprint density at radius 1 is 1.04 bits per heavy atom. The molecule has 3 N–H and O–H groups in total. The van der Waals surface area contributed by atoms with Gasteiger partial charge in [-0.25, -0.2) is 13.2 Å². The summed E-state index contributed by atoms with van der Waals surface area (Å²) < 4.78 is 39.6. The summed E-state index contributed by atoms with van der Waals surface area (Å²) >= 11 is 0. The van der Waals surface area contributed by atoms with E-state index in [1.165, 1.54) is 18.2 Å². The van der Waals surface area contributed by atoms with E-state index < -0.39 is 35.3 Å². The van der Waals surface area contributed by atoms with Crippen molar-refractivity contribution >= 4 is 11.8 Å². The first-order valence-corrected chi connectivity index (χ1v) is 7.12. The number of nitrogens with two attached hydrogens (primary N) is 1. The summed E-state index contributed by atoms with van der Waals surface area (Å²) in [5.41, 5.74) is 5.71. The molecule has 0 aliphatic heterocycles. The fourth-order valence-corrected chi connectivity index (χ4v) is 2.21. The molecule has 0 bridgehead atoms. The standard InChI is InChI=1S/C17H15F3N2O2/c18-12-3-1-2-10(6-12)7-15(17(21)24)22-16(23)8-11-4-5-13(19)9-14(11)20/h1-6,9,15H,7-8H2,(H2,21,24)(H,22,23)/t15-/m1/s1. The first-order valence-electron chi connectivity index (χ1n) is 7.12. The van der Waals surface area contributed by atoms with Gasteiger partial charge in [-0.3, -0.25) is 9.59 Å². The Morgan fingerprint density at radius 3 is 2.38 bits per heavy atom. The minimum atomic E-state index is -1.07. The summed E-state index contributed by atoms with van der Waals surface area (Å²) in [5, 5.41) is 2.38. The van der Waals surface area contributed by atoms with Gasteiger partial charge in [0, 0.05) is 12.5 Å². The average Bonchev–Trinajstić information content (AvgIpc) is 2.49. The molecule has 7 heteroatoms. The molecule has 1 atom stereocenters. The molecule has 24 heavy (non-hydrogen) atoms. The zero-order valence-electron chi connectivity index (χ0n) is 12.6. The van der Waals surface area contributed by atoms with Gasteiger partial charge in [0.2, 0.25) is 11.8 Å². The predicted molar refractivity (Wildman–Crippen MR) is 81.3 cm³/mol. The van der Waals surface area contributed by atoms with Crippen molar-refractivity contribution in [2.75, 3.05) is 0 Å². The van der Waals surface area contributed by atoms with Crippen LogP contribution < -0.4 is 11.1 Å². The molecule has 0 aromatic heterocycles. The molecule has 126 valence electrons. The summed E-state index contributed by atoms with van der Waals surface area (Å²) in [6, 6.07) is 7.31. The van der Waals surface area contributed by atoms with Crippen LogP contribution in [0.15, 0.2) is 42.5 Å². The predicted octanol–water partition coefficient (Wildman–Crippen LogP) is 1.86. The van der Waals surface area contributed by atoms with Gasteiger partial charge in [0.15, 0.2) is 0 Å². The monoisotopic (exact) mass is 336 g/mol. The minimum Gasteiger partial charge on any atom is -0.368 e. The van der Waals surface area contributed by atoms with Crippen LogP contribution in [0.25, 0.3) is 0 Å². The van der Waals surface area contributed by atoms with E-state index in [0.717, 1.165) is 12.1 Å². The summed E-state index contributed by atoms with van der Waals surface area (Å²) in [7, 11) is 0. The summed E-state index contributed by atoms with van der Waals surface area (Å²) in [6.07, 6.45) is -0.371. The Hall–Kier alpha value is -2.83. The number of halogens is 3. The van der Waals surface area contributed by atoms with Crippen LogP contribution in [-0.4, -0.2) is 17.9 Å². The molecular weight excluding hydrogens is 321 g/mol. The van der Waals surface area contributed by atoms with E-state index in [1.54, 1.807) is 6.07 Å². The lowest BCUT2D eigenvalue weighted by molar-refractivity contribution is -0.127. The van der Waals surface area contributed by atoms with Gasteiger partial charge in [-0.05, 0) is 29.3 Å². The third-order valence-corrected chi connectivity index (χ3v) is 3.37. The first-order chi connectivity index (χ1) is 11.3. The molecule has 2 rings (SSSR count). The highest BCUT2D eigenvalue weighted by atomic mass is 19.1. The van der Waals surface area contributed by atoms with Crippen LogP contribution >= 0.6 is 0 Å². The zero-order chi connectivity index (χ0) is 17.7. The average molecular weight is 336 g/mol. The fourth-order valence-electron chi connectivity index (χ4n) is 2.21. The summed E-state index contributed by atoms with van der Waals surface area (Å²) in [5.74, 6) is -3.54. The number of hydrogen-bond acceptors (Lipinski definition) is 2. The van der Waals surface area contributed by atoms with Crippen LogP contribution in [0.3, 0.4) is 0 Å². The van der Waals surface area contributed by atoms with E-state index in [1.807, 2.05) is 0 Å². The van der Waals surface area contributed by atoms with Gasteiger partial charge in [-0.1, -0.05) is 18.2 Å². The first kappa shape index (κ1) is 17.5. The number of benzene rings is 2. The van der Waals surface area contributed by atoms with Crippen LogP contribution in [0, 0.1) is 17.5 Å². The van der Waals surface area contributed by atoms with E-state index in [0.29, 0.717) is 11.6 Å². The fraction of sp³-hybridized carbons (Fsp3) is 0.176. The number of amides is 2. The van der Waals surface area contributed by atoms with Crippen molar-refractivity contribution < 1.29 is 22.8 Å². The van der Waals surface area contributed by atoms with Crippen molar-refractivity contribution in [1.29, 1.82) is 0 Å². The van der Waals surface area contributed by atoms with Gasteiger partial charge in [-0.15, -0.1) is 0 Å². The van der Waals surface area contributed by atoms with Crippen LogP contribution in [0.2, 0.25) is 0 Å². The molecule has 0 spiro atoms. The number of hydrogen-bond donors (Lipinski definition) is 2. The van der Waals surface area contributed by atoms with Crippen molar-refractivity contribution in [3.63, 3.8) is 0 Å². The second-order valence-electron chi connectivity index (χ2n) is 5.27. The summed E-state index contributed by atoms with van der Waals surface area (Å²) in [4.78, 5) is 23.4. The number of primary amides is 1. The highest BCUT2D eigenvalue weighted by Crippen LogP contribution is 2.11. The number of carbonyl (C=O) groups is 2. The van der Waals surface area contributed by atoms with Crippen molar-refractivity contribution in [2.24, 2.45) is 5.73 Å². The second-order valence-corrected chi connectivity index (χ2v) is 5.27. The Labute approximate surface area is 136 Å². The number of carbonyl (C=O) groups excluding carboxylic acids is 2. The lowest BCUT2D eigenvalue weighted by atomic mass is 10.0. The van der Waals surface area contributed by atoms with Gasteiger partial charge in [0.05, 0.1) is 6.42 Å². The van der Waals surface area contributed by atoms with Gasteiger partial charge in [0.1, 0.15) is 23.5 Å². The molecule has 0 saturated heterocycles. The SMILES string of the molecule is NC(=O)[C@@H](Cc1cccc(F)c1)NC(=O)Cc1ccc(F)cc1F. The largest absolute Gasteiger partial charge is 0.368 e. The topological polar surface area (TPSA) is 72.2 Å². The second kappa shape index (κ2) is 7.63. The van der Waals surface area contributed by atoms with Crippen molar-refractivity contribution in [1.82, 2.24) is 5.32 Å². The third kappa shape index (κ3) is 4.84. The van der Waals surface area contributed by atoms with E-state index in [4.69, 9.17) is 5.73 Å². The van der Waals surface area contributed by atoms with Gasteiger partial charge < -0.3 is 11.1 Å². The van der Waals surface area contributed by atoms with Crippen molar-refractivity contribution in [3.05, 3.63) is 71.0 Å². The van der Waals surface area contributed by atoms with E-state index in [9.17, 15) is 22.8 Å². The third-order valence-electron chi connectivity index (χ3n) is 3.37. The maximum atomic E-state index is 13.5. The highest BCUT2D eigenvalue weighted by Gasteiger charge is 2.20. The smallest absolute Gasteiger partial charge is 0.240 e. The number of nitrogens with one attached hydrogen (secondary N) is 1. The van der Waals surface area contributed by atoms with Gasteiger partial charge >= 0.3 is 0 Å². The molecule has 0 unspecified atom stereocenters. The van der Waals surface area contributed by atoms with Gasteiger partial charge in [0.25, 0.3) is 0 Å². The van der Waals surface area contributed by atoms with Crippen LogP contribution in [0.4, 0.5) is 13.2 Å². The van der Waals surface area contributed by atoms with E-state index >= 15 is 0 Å². The molecule has 0 saturated carbocycles. The molecule has 0 aliphatic carbocycles. The molecule has 2 aromatic carbocycles. The van der Waals surface area contributed by atoms with Crippen LogP contribution in [0.5, 0.6) is 0 Å². The quantitative estimate of drug-likeness (QED) is 0.845. The Kier molecular flexibility index (Phi) is 5.57. The molecule has 0 radical (unpaired) electrons. The Bertz CT molecular complexity index is 765. The minimum absolute atomic E-state index is 0.00470. The normalized spacial score (nSPS) is 11.8. The Balaban J connectivity index is 2.04. The molecular formula is C17H15F3N2O2.